The summed E-state index contributed by atoms with van der Waals surface area (Å²) in [6.07, 6.45) is -0.128. The lowest BCUT2D eigenvalue weighted by molar-refractivity contribution is 0.00336. The predicted molar refractivity (Wildman–Crippen MR) is 70.0 cm³/mol. The number of anilines is 2. The summed E-state index contributed by atoms with van der Waals surface area (Å²) >= 11 is 0. The van der Waals surface area contributed by atoms with Crippen molar-refractivity contribution in [3.63, 3.8) is 0 Å². The van der Waals surface area contributed by atoms with E-state index in [0.29, 0.717) is 19.1 Å². The highest BCUT2D eigenvalue weighted by molar-refractivity contribution is 5.45. The maximum Gasteiger partial charge on any atom is 0.224 e. The fourth-order valence-corrected chi connectivity index (χ4v) is 1.99. The Morgan fingerprint density at radius 1 is 1.56 bits per heavy atom. The Balaban J connectivity index is 2.16. The van der Waals surface area contributed by atoms with Crippen molar-refractivity contribution in [1.82, 2.24) is 9.97 Å². The van der Waals surface area contributed by atoms with Crippen molar-refractivity contribution in [2.24, 2.45) is 0 Å². The lowest BCUT2D eigenvalue weighted by atomic mass is 10.2. The molecule has 1 aromatic heterocycles. The van der Waals surface area contributed by atoms with Crippen molar-refractivity contribution >= 4 is 11.8 Å². The van der Waals surface area contributed by atoms with Crippen molar-refractivity contribution < 1.29 is 9.84 Å². The molecule has 1 fully saturated rings. The number of nitrogens with zero attached hydrogens (tertiary/aromatic N) is 3. The zero-order valence-corrected chi connectivity index (χ0v) is 10.9. The van der Waals surface area contributed by atoms with Crippen LogP contribution in [0.5, 0.6) is 0 Å². The summed E-state index contributed by atoms with van der Waals surface area (Å²) in [5, 5.41) is 12.3. The van der Waals surface area contributed by atoms with Gasteiger partial charge in [-0.1, -0.05) is 0 Å². The highest BCUT2D eigenvalue weighted by Crippen LogP contribution is 2.17. The molecule has 1 aliphatic rings. The summed E-state index contributed by atoms with van der Waals surface area (Å²) < 4.78 is 5.44. The van der Waals surface area contributed by atoms with E-state index in [0.717, 1.165) is 24.6 Å². The number of morpholine rings is 1. The first-order valence-corrected chi connectivity index (χ1v) is 6.30. The van der Waals surface area contributed by atoms with Crippen LogP contribution in [0, 0.1) is 6.92 Å². The number of hydrogen-bond acceptors (Lipinski definition) is 6. The molecule has 0 radical (unpaired) electrons. The van der Waals surface area contributed by atoms with Crippen molar-refractivity contribution in [2.45, 2.75) is 20.0 Å². The molecule has 2 rings (SSSR count). The van der Waals surface area contributed by atoms with E-state index in [1.54, 1.807) is 0 Å². The van der Waals surface area contributed by atoms with E-state index < -0.39 is 0 Å². The first-order chi connectivity index (χ1) is 8.72. The smallest absolute Gasteiger partial charge is 0.224 e. The van der Waals surface area contributed by atoms with Crippen LogP contribution >= 0.6 is 0 Å². The van der Waals surface area contributed by atoms with Crippen molar-refractivity contribution in [3.05, 3.63) is 11.8 Å². The third-order valence-corrected chi connectivity index (χ3v) is 2.84. The number of aromatic nitrogens is 2. The van der Waals surface area contributed by atoms with Gasteiger partial charge in [-0.05, 0) is 13.8 Å². The highest BCUT2D eigenvalue weighted by atomic mass is 16.5. The van der Waals surface area contributed by atoms with Gasteiger partial charge < -0.3 is 20.1 Å². The topological polar surface area (TPSA) is 70.5 Å². The average molecular weight is 252 g/mol. The number of hydrogen-bond donors (Lipinski definition) is 2. The zero-order valence-electron chi connectivity index (χ0n) is 10.9. The van der Waals surface area contributed by atoms with Crippen LogP contribution in [0.15, 0.2) is 6.07 Å². The lowest BCUT2D eigenvalue weighted by Crippen LogP contribution is -2.44. The molecule has 0 saturated carbocycles. The Labute approximate surface area is 107 Å². The molecule has 1 aromatic rings. The molecule has 0 amide bonds. The van der Waals surface area contributed by atoms with Crippen molar-refractivity contribution in [3.8, 4) is 0 Å². The Hall–Kier alpha value is -1.40. The molecular formula is C12H20N4O2. The Kier molecular flexibility index (Phi) is 4.33. The molecule has 0 spiro atoms. The molecule has 0 aliphatic carbocycles. The summed E-state index contributed by atoms with van der Waals surface area (Å²) in [5.74, 6) is 1.54. The number of aliphatic hydroxyl groups excluding tert-OH is 1. The van der Waals surface area contributed by atoms with Crippen molar-refractivity contribution in [1.29, 1.82) is 0 Å². The minimum absolute atomic E-state index is 0.0423. The van der Waals surface area contributed by atoms with Crippen LogP contribution in [0.1, 0.15) is 12.6 Å². The van der Waals surface area contributed by atoms with Gasteiger partial charge in [0.05, 0.1) is 19.3 Å². The lowest BCUT2D eigenvalue weighted by Gasteiger charge is -2.33. The molecular weight excluding hydrogens is 232 g/mol. The minimum atomic E-state index is -0.128. The number of rotatable bonds is 4. The van der Waals surface area contributed by atoms with Gasteiger partial charge in [-0.2, -0.15) is 4.98 Å². The third kappa shape index (κ3) is 3.08. The SMILES string of the molecule is CCNc1nc(C)cc(N2CCOC(CO)C2)n1. The number of ether oxygens (including phenoxy) is 1. The Morgan fingerprint density at radius 3 is 3.11 bits per heavy atom. The molecule has 18 heavy (non-hydrogen) atoms. The molecule has 0 bridgehead atoms. The average Bonchev–Trinajstić information content (AvgIpc) is 2.38. The molecule has 2 heterocycles. The van der Waals surface area contributed by atoms with E-state index in [1.165, 1.54) is 0 Å². The highest BCUT2D eigenvalue weighted by Gasteiger charge is 2.21. The molecule has 0 aromatic carbocycles. The molecule has 1 saturated heterocycles. The normalized spacial score (nSPS) is 19.9. The fraction of sp³-hybridized carbons (Fsp3) is 0.667. The van der Waals surface area contributed by atoms with Gasteiger partial charge in [0.2, 0.25) is 5.95 Å². The first-order valence-electron chi connectivity index (χ1n) is 6.30. The summed E-state index contributed by atoms with van der Waals surface area (Å²) in [4.78, 5) is 10.9. The summed E-state index contributed by atoms with van der Waals surface area (Å²) in [7, 11) is 0. The van der Waals surface area contributed by atoms with Crippen LogP contribution in [-0.4, -0.2) is 54.0 Å². The van der Waals surface area contributed by atoms with Crippen LogP contribution in [0.25, 0.3) is 0 Å². The van der Waals surface area contributed by atoms with Crippen LogP contribution in [-0.2, 0) is 4.74 Å². The van der Waals surface area contributed by atoms with Gasteiger partial charge in [-0.25, -0.2) is 4.98 Å². The van der Waals surface area contributed by atoms with Crippen molar-refractivity contribution in [2.75, 3.05) is 43.1 Å². The van der Waals surface area contributed by atoms with E-state index >= 15 is 0 Å². The van der Waals surface area contributed by atoms with Gasteiger partial charge in [0, 0.05) is 31.4 Å². The summed E-state index contributed by atoms with van der Waals surface area (Å²) in [6.45, 7) is 6.88. The Bertz CT molecular complexity index is 400. The molecule has 1 aliphatic heterocycles. The van der Waals surface area contributed by atoms with Gasteiger partial charge in [0.1, 0.15) is 5.82 Å². The van der Waals surface area contributed by atoms with Gasteiger partial charge in [-0.3, -0.25) is 0 Å². The second-order valence-corrected chi connectivity index (χ2v) is 4.34. The summed E-state index contributed by atoms with van der Waals surface area (Å²) in [6, 6.07) is 1.96. The predicted octanol–water partition coefficient (Wildman–Crippen LogP) is 0.414. The van der Waals surface area contributed by atoms with E-state index in [-0.39, 0.29) is 12.7 Å². The molecule has 2 N–H and O–H groups in total. The molecule has 1 atom stereocenters. The molecule has 1 unspecified atom stereocenters. The van der Waals surface area contributed by atoms with Gasteiger partial charge in [0.25, 0.3) is 0 Å². The number of nitrogens with one attached hydrogen (secondary N) is 1. The van der Waals surface area contributed by atoms with E-state index in [4.69, 9.17) is 9.84 Å². The maximum atomic E-state index is 9.15. The van der Waals surface area contributed by atoms with Crippen LogP contribution < -0.4 is 10.2 Å². The van der Waals surface area contributed by atoms with E-state index in [2.05, 4.69) is 20.2 Å². The number of aryl methyl sites for hydroxylation is 1. The zero-order chi connectivity index (χ0) is 13.0. The maximum absolute atomic E-state index is 9.15. The third-order valence-electron chi connectivity index (χ3n) is 2.84. The number of aliphatic hydroxyl groups is 1. The van der Waals surface area contributed by atoms with E-state index in [1.807, 2.05) is 19.9 Å². The standard InChI is InChI=1S/C12H20N4O2/c1-3-13-12-14-9(2)6-11(15-12)16-4-5-18-10(7-16)8-17/h6,10,17H,3-5,7-8H2,1-2H3,(H,13,14,15). The monoisotopic (exact) mass is 252 g/mol. The second-order valence-electron chi connectivity index (χ2n) is 4.34. The summed E-state index contributed by atoms with van der Waals surface area (Å²) in [5.41, 5.74) is 0.933. The molecule has 6 nitrogen and oxygen atoms in total. The minimum Gasteiger partial charge on any atom is -0.394 e. The van der Waals surface area contributed by atoms with Crippen LogP contribution in [0.2, 0.25) is 0 Å². The second kappa shape index (κ2) is 5.97. The van der Waals surface area contributed by atoms with Crippen LogP contribution in [0.4, 0.5) is 11.8 Å². The van der Waals surface area contributed by atoms with Gasteiger partial charge >= 0.3 is 0 Å². The largest absolute Gasteiger partial charge is 0.394 e. The first kappa shape index (κ1) is 13.0. The molecule has 6 heteroatoms. The molecule has 100 valence electrons. The quantitative estimate of drug-likeness (QED) is 0.809. The van der Waals surface area contributed by atoms with Gasteiger partial charge in [0.15, 0.2) is 0 Å². The van der Waals surface area contributed by atoms with Gasteiger partial charge in [-0.15, -0.1) is 0 Å². The van der Waals surface area contributed by atoms with Crippen LogP contribution in [0.3, 0.4) is 0 Å². The fourth-order valence-electron chi connectivity index (χ4n) is 1.99. The Morgan fingerprint density at radius 2 is 2.39 bits per heavy atom. The van der Waals surface area contributed by atoms with E-state index in [9.17, 15) is 0 Å².